The van der Waals surface area contributed by atoms with Gasteiger partial charge in [0.05, 0.1) is 25.4 Å². The van der Waals surface area contributed by atoms with Crippen molar-refractivity contribution >= 4 is 27.5 Å². The minimum Gasteiger partial charge on any atom is -0.492 e. The fraction of sp³-hybridized carbons (Fsp3) is 0.316. The molecule has 0 saturated carbocycles. The van der Waals surface area contributed by atoms with Crippen molar-refractivity contribution in [2.45, 2.75) is 27.3 Å². The predicted octanol–water partition coefficient (Wildman–Crippen LogP) is 3.25. The summed E-state index contributed by atoms with van der Waals surface area (Å²) >= 11 is 1.17. The quantitative estimate of drug-likeness (QED) is 0.643. The molecule has 1 aromatic carbocycles. The zero-order valence-corrected chi connectivity index (χ0v) is 16.0. The monoisotopic (exact) mass is 372 g/mol. The smallest absolute Gasteiger partial charge is 0.348 e. The summed E-state index contributed by atoms with van der Waals surface area (Å²) in [5.74, 6) is 0.332. The van der Waals surface area contributed by atoms with E-state index >= 15 is 0 Å². The highest BCUT2D eigenvalue weighted by Crippen LogP contribution is 2.27. The normalized spacial score (nSPS) is 10.9. The number of benzene rings is 1. The molecule has 0 unspecified atom stereocenters. The van der Waals surface area contributed by atoms with Gasteiger partial charge >= 0.3 is 5.97 Å². The van der Waals surface area contributed by atoms with Crippen LogP contribution in [0.4, 0.5) is 0 Å². The molecule has 6 nitrogen and oxygen atoms in total. The third-order valence-corrected chi connectivity index (χ3v) is 5.26. The molecule has 0 amide bonds. The van der Waals surface area contributed by atoms with Crippen LogP contribution in [0.15, 0.2) is 29.3 Å². The Morgan fingerprint density at radius 2 is 1.88 bits per heavy atom. The zero-order valence-electron chi connectivity index (χ0n) is 15.2. The number of rotatable bonds is 5. The van der Waals surface area contributed by atoms with E-state index in [4.69, 9.17) is 9.47 Å². The molecule has 26 heavy (non-hydrogen) atoms. The Hall–Kier alpha value is -2.67. The van der Waals surface area contributed by atoms with Crippen LogP contribution in [-0.2, 0) is 11.3 Å². The number of nitrogens with zero attached hydrogens (tertiary/aromatic N) is 2. The summed E-state index contributed by atoms with van der Waals surface area (Å²) in [6.45, 7) is 6.49. The van der Waals surface area contributed by atoms with Gasteiger partial charge in [-0.2, -0.15) is 0 Å². The van der Waals surface area contributed by atoms with Gasteiger partial charge in [0, 0.05) is 0 Å². The van der Waals surface area contributed by atoms with E-state index in [1.54, 1.807) is 6.92 Å². The van der Waals surface area contributed by atoms with Gasteiger partial charge in [-0.3, -0.25) is 9.36 Å². The molecule has 7 heteroatoms. The third kappa shape index (κ3) is 3.48. The number of aromatic nitrogens is 2. The second-order valence-corrected chi connectivity index (χ2v) is 7.14. The summed E-state index contributed by atoms with van der Waals surface area (Å²) < 4.78 is 12.0. The van der Waals surface area contributed by atoms with Crippen molar-refractivity contribution in [2.24, 2.45) is 0 Å². The van der Waals surface area contributed by atoms with Crippen LogP contribution >= 0.6 is 11.3 Å². The Morgan fingerprint density at radius 3 is 2.54 bits per heavy atom. The molecule has 0 spiro atoms. The topological polar surface area (TPSA) is 70.4 Å². The number of thiophene rings is 1. The maximum atomic E-state index is 12.7. The highest BCUT2D eigenvalue weighted by molar-refractivity contribution is 7.20. The van der Waals surface area contributed by atoms with Crippen molar-refractivity contribution in [3.8, 4) is 5.75 Å². The zero-order chi connectivity index (χ0) is 18.8. The second-order valence-electron chi connectivity index (χ2n) is 6.14. The van der Waals surface area contributed by atoms with E-state index in [0.717, 1.165) is 16.9 Å². The second kappa shape index (κ2) is 7.29. The Labute approximate surface area is 155 Å². The lowest BCUT2D eigenvalue weighted by molar-refractivity contribution is 0.0605. The van der Waals surface area contributed by atoms with Gasteiger partial charge in [0.1, 0.15) is 22.1 Å². The van der Waals surface area contributed by atoms with Crippen molar-refractivity contribution < 1.29 is 14.3 Å². The van der Waals surface area contributed by atoms with Gasteiger partial charge in [-0.05, 0) is 49.6 Å². The number of fused-ring (bicyclic) bond motifs is 1. The van der Waals surface area contributed by atoms with Crippen molar-refractivity contribution in [2.75, 3.05) is 13.7 Å². The van der Waals surface area contributed by atoms with E-state index in [0.29, 0.717) is 33.8 Å². The fourth-order valence-electron chi connectivity index (χ4n) is 2.88. The van der Waals surface area contributed by atoms with Crippen molar-refractivity contribution in [1.29, 1.82) is 0 Å². The molecule has 0 radical (unpaired) electrons. The summed E-state index contributed by atoms with van der Waals surface area (Å²) in [6, 6.07) is 6.00. The Morgan fingerprint density at radius 1 is 1.19 bits per heavy atom. The van der Waals surface area contributed by atoms with Gasteiger partial charge in [0.15, 0.2) is 0 Å². The molecule has 2 heterocycles. The average molecular weight is 372 g/mol. The molecule has 0 bridgehead atoms. The van der Waals surface area contributed by atoms with Gasteiger partial charge in [-0.15, -0.1) is 11.3 Å². The fourth-order valence-corrected chi connectivity index (χ4v) is 3.94. The summed E-state index contributed by atoms with van der Waals surface area (Å²) in [5, 5.41) is 0.462. The largest absolute Gasteiger partial charge is 0.492 e. The maximum absolute atomic E-state index is 12.7. The molecule has 0 saturated heterocycles. The highest BCUT2D eigenvalue weighted by Gasteiger charge is 2.19. The van der Waals surface area contributed by atoms with E-state index in [-0.39, 0.29) is 5.56 Å². The van der Waals surface area contributed by atoms with Gasteiger partial charge in [-0.25, -0.2) is 9.78 Å². The van der Waals surface area contributed by atoms with Crippen molar-refractivity contribution in [3.05, 3.63) is 56.4 Å². The molecular weight excluding hydrogens is 352 g/mol. The van der Waals surface area contributed by atoms with Crippen LogP contribution in [0.5, 0.6) is 5.75 Å². The van der Waals surface area contributed by atoms with E-state index in [1.165, 1.54) is 29.3 Å². The van der Waals surface area contributed by atoms with Crippen molar-refractivity contribution in [3.63, 3.8) is 0 Å². The molecule has 3 rings (SSSR count). The Balaban J connectivity index is 1.82. The first-order valence-corrected chi connectivity index (χ1v) is 9.00. The Kier molecular flexibility index (Phi) is 5.08. The molecule has 136 valence electrons. The molecule has 0 aliphatic carbocycles. The van der Waals surface area contributed by atoms with Crippen LogP contribution < -0.4 is 10.3 Å². The third-order valence-electron chi connectivity index (χ3n) is 4.08. The molecular formula is C19H20N2O4S. The van der Waals surface area contributed by atoms with E-state index in [9.17, 15) is 9.59 Å². The van der Waals surface area contributed by atoms with E-state index in [1.807, 2.05) is 26.0 Å². The number of aryl methyl sites for hydroxylation is 3. The standard InChI is InChI=1S/C19H20N2O4S/c1-11-7-12(2)9-14(8-11)25-6-5-21-10-20-17-15(18(21)22)13(3)16(26-17)19(23)24-4/h7-10H,5-6H2,1-4H3. The van der Waals surface area contributed by atoms with Gasteiger partial charge < -0.3 is 9.47 Å². The predicted molar refractivity (Wildman–Crippen MR) is 101 cm³/mol. The molecule has 0 aliphatic rings. The number of esters is 1. The SMILES string of the molecule is COC(=O)c1sc2ncn(CCOc3cc(C)cc(C)c3)c(=O)c2c1C. The van der Waals surface area contributed by atoms with Crippen LogP contribution in [0.1, 0.15) is 26.4 Å². The molecule has 0 atom stereocenters. The first-order chi connectivity index (χ1) is 12.4. The lowest BCUT2D eigenvalue weighted by atomic mass is 10.1. The molecule has 3 aromatic rings. The first-order valence-electron chi connectivity index (χ1n) is 8.18. The number of ether oxygens (including phenoxy) is 2. The minimum absolute atomic E-state index is 0.178. The summed E-state index contributed by atoms with van der Waals surface area (Å²) in [6.07, 6.45) is 1.49. The molecule has 0 aliphatic heterocycles. The van der Waals surface area contributed by atoms with E-state index < -0.39 is 5.97 Å². The van der Waals surface area contributed by atoms with E-state index in [2.05, 4.69) is 11.1 Å². The van der Waals surface area contributed by atoms with Crippen LogP contribution in [0.25, 0.3) is 10.2 Å². The number of hydrogen-bond donors (Lipinski definition) is 0. The number of hydrogen-bond acceptors (Lipinski definition) is 6. The Bertz CT molecular complexity index is 1020. The van der Waals surface area contributed by atoms with Crippen molar-refractivity contribution in [1.82, 2.24) is 9.55 Å². The lowest BCUT2D eigenvalue weighted by Gasteiger charge is -2.09. The molecule has 0 fully saturated rings. The number of carbonyl (C=O) groups excluding carboxylic acids is 1. The molecule has 2 aromatic heterocycles. The lowest BCUT2D eigenvalue weighted by Crippen LogP contribution is -2.23. The van der Waals surface area contributed by atoms with Gasteiger partial charge in [0.2, 0.25) is 0 Å². The summed E-state index contributed by atoms with van der Waals surface area (Å²) in [7, 11) is 1.32. The van der Waals surface area contributed by atoms with Crippen LogP contribution in [0.2, 0.25) is 0 Å². The van der Waals surface area contributed by atoms with Gasteiger partial charge in [0.25, 0.3) is 5.56 Å². The average Bonchev–Trinajstić information content (AvgIpc) is 2.93. The summed E-state index contributed by atoms with van der Waals surface area (Å²) in [4.78, 5) is 29.8. The summed E-state index contributed by atoms with van der Waals surface area (Å²) in [5.41, 5.74) is 2.69. The van der Waals surface area contributed by atoms with Crippen LogP contribution in [-0.4, -0.2) is 29.2 Å². The highest BCUT2D eigenvalue weighted by atomic mass is 32.1. The number of methoxy groups -OCH3 is 1. The first kappa shape index (κ1) is 18.1. The van der Waals surface area contributed by atoms with Crippen LogP contribution in [0.3, 0.4) is 0 Å². The molecule has 0 N–H and O–H groups in total. The van der Waals surface area contributed by atoms with Crippen LogP contribution in [0, 0.1) is 20.8 Å². The van der Waals surface area contributed by atoms with Gasteiger partial charge in [-0.1, -0.05) is 6.07 Å². The minimum atomic E-state index is -0.449. The maximum Gasteiger partial charge on any atom is 0.348 e. The number of carbonyl (C=O) groups is 1.